The third-order valence-electron chi connectivity index (χ3n) is 1.61. The molecule has 0 unspecified atom stereocenters. The van der Waals surface area contributed by atoms with Gasteiger partial charge in [0.15, 0.2) is 0 Å². The molecule has 1 N–H and O–H groups in total. The number of nitriles is 1. The highest BCUT2D eigenvalue weighted by Gasteiger charge is 2.06. The topological polar surface area (TPSA) is 61.1 Å². The summed E-state index contributed by atoms with van der Waals surface area (Å²) in [6.07, 6.45) is 1.28. The van der Waals surface area contributed by atoms with Gasteiger partial charge in [-0.3, -0.25) is 0 Å². The molecular formula is C10H5BrClNO2. The zero-order valence-corrected chi connectivity index (χ0v) is 9.71. The Balaban J connectivity index is 3.14. The van der Waals surface area contributed by atoms with E-state index in [1.807, 2.05) is 0 Å². The minimum Gasteiger partial charge on any atom is -0.477 e. The van der Waals surface area contributed by atoms with E-state index in [1.54, 1.807) is 24.3 Å². The highest BCUT2D eigenvalue weighted by Crippen LogP contribution is 2.24. The molecule has 0 fully saturated rings. The Morgan fingerprint density at radius 1 is 1.60 bits per heavy atom. The van der Waals surface area contributed by atoms with Crippen molar-refractivity contribution in [1.29, 1.82) is 5.26 Å². The number of benzene rings is 1. The highest BCUT2D eigenvalue weighted by atomic mass is 79.9. The lowest BCUT2D eigenvalue weighted by Crippen LogP contribution is -1.97. The number of rotatable bonds is 2. The zero-order chi connectivity index (χ0) is 11.4. The van der Waals surface area contributed by atoms with E-state index in [0.29, 0.717) is 15.1 Å². The summed E-state index contributed by atoms with van der Waals surface area (Å²) >= 11 is 8.97. The number of nitrogens with zero attached hydrogens (tertiary/aromatic N) is 1. The summed E-state index contributed by atoms with van der Waals surface area (Å²) in [6.45, 7) is 0. The van der Waals surface area contributed by atoms with Gasteiger partial charge in [-0.1, -0.05) is 17.7 Å². The molecule has 0 bridgehead atoms. The first kappa shape index (κ1) is 11.8. The fourth-order valence-corrected chi connectivity index (χ4v) is 1.42. The van der Waals surface area contributed by atoms with Crippen LogP contribution in [0.15, 0.2) is 28.2 Å². The van der Waals surface area contributed by atoms with Gasteiger partial charge in [0.05, 0.1) is 5.02 Å². The summed E-state index contributed by atoms with van der Waals surface area (Å²) < 4.78 is 0.653. The van der Waals surface area contributed by atoms with Crippen LogP contribution in [0.2, 0.25) is 5.02 Å². The van der Waals surface area contributed by atoms with Crippen LogP contribution in [-0.2, 0) is 4.79 Å². The first-order valence-electron chi connectivity index (χ1n) is 3.84. The molecule has 0 aliphatic heterocycles. The standard InChI is InChI=1S/C10H5BrClNO2/c11-8-4-6(1-2-9(8)12)3-7(5-13)10(14)15/h1-4H,(H,14,15)/b7-3+. The first-order chi connectivity index (χ1) is 7.04. The van der Waals surface area contributed by atoms with Crippen molar-refractivity contribution >= 4 is 39.6 Å². The molecule has 5 heteroatoms. The largest absolute Gasteiger partial charge is 0.477 e. The molecule has 0 atom stereocenters. The minimum atomic E-state index is -1.25. The first-order valence-corrected chi connectivity index (χ1v) is 5.02. The molecule has 0 amide bonds. The van der Waals surface area contributed by atoms with Gasteiger partial charge < -0.3 is 5.11 Å². The van der Waals surface area contributed by atoms with E-state index < -0.39 is 5.97 Å². The minimum absolute atomic E-state index is 0.316. The van der Waals surface area contributed by atoms with Gasteiger partial charge in [-0.05, 0) is 39.7 Å². The van der Waals surface area contributed by atoms with Crippen molar-refractivity contribution in [3.05, 3.63) is 38.8 Å². The Bertz CT molecular complexity index is 477. The van der Waals surface area contributed by atoms with Gasteiger partial charge in [-0.2, -0.15) is 5.26 Å². The third-order valence-corrected chi connectivity index (χ3v) is 2.82. The SMILES string of the molecule is N#C/C(=C\c1ccc(Cl)c(Br)c1)C(=O)O. The number of carboxylic acid groups (broad SMARTS) is 1. The molecule has 0 aliphatic rings. The van der Waals surface area contributed by atoms with Crippen LogP contribution in [-0.4, -0.2) is 11.1 Å². The van der Waals surface area contributed by atoms with E-state index in [0.717, 1.165) is 0 Å². The average molecular weight is 287 g/mol. The summed E-state index contributed by atoms with van der Waals surface area (Å²) in [5.74, 6) is -1.25. The molecule has 1 rings (SSSR count). The fraction of sp³-hybridized carbons (Fsp3) is 0. The number of halogens is 2. The summed E-state index contributed by atoms with van der Waals surface area (Å²) in [7, 11) is 0. The van der Waals surface area contributed by atoms with Gasteiger partial charge >= 0.3 is 5.97 Å². The van der Waals surface area contributed by atoms with Crippen molar-refractivity contribution in [2.75, 3.05) is 0 Å². The Hall–Kier alpha value is -1.31. The molecule has 0 aliphatic carbocycles. The van der Waals surface area contributed by atoms with E-state index in [-0.39, 0.29) is 5.57 Å². The van der Waals surface area contributed by atoms with Gasteiger partial charge in [0.2, 0.25) is 0 Å². The van der Waals surface area contributed by atoms with Crippen molar-refractivity contribution in [3.63, 3.8) is 0 Å². The number of hydrogen-bond acceptors (Lipinski definition) is 2. The van der Waals surface area contributed by atoms with Crippen LogP contribution in [0, 0.1) is 11.3 Å². The van der Waals surface area contributed by atoms with E-state index in [4.69, 9.17) is 22.0 Å². The number of carboxylic acids is 1. The maximum Gasteiger partial charge on any atom is 0.346 e. The Morgan fingerprint density at radius 2 is 2.27 bits per heavy atom. The van der Waals surface area contributed by atoms with Crippen LogP contribution in [0.3, 0.4) is 0 Å². The average Bonchev–Trinajstić information content (AvgIpc) is 2.19. The van der Waals surface area contributed by atoms with Crippen molar-refractivity contribution in [2.45, 2.75) is 0 Å². The van der Waals surface area contributed by atoms with E-state index in [1.165, 1.54) is 6.08 Å². The number of aliphatic carboxylic acids is 1. The van der Waals surface area contributed by atoms with Gasteiger partial charge in [-0.15, -0.1) is 0 Å². The zero-order valence-electron chi connectivity index (χ0n) is 7.37. The lowest BCUT2D eigenvalue weighted by Gasteiger charge is -1.98. The van der Waals surface area contributed by atoms with Gasteiger partial charge in [0.1, 0.15) is 11.6 Å². The van der Waals surface area contributed by atoms with Crippen molar-refractivity contribution in [3.8, 4) is 6.07 Å². The molecule has 0 radical (unpaired) electrons. The van der Waals surface area contributed by atoms with E-state index in [9.17, 15) is 4.79 Å². The summed E-state index contributed by atoms with van der Waals surface area (Å²) in [6, 6.07) is 6.49. The number of carbonyl (C=O) groups is 1. The summed E-state index contributed by atoms with van der Waals surface area (Å²) in [5.41, 5.74) is 0.287. The van der Waals surface area contributed by atoms with Gasteiger partial charge in [-0.25, -0.2) is 4.79 Å². The molecule has 1 aromatic rings. The molecule has 0 saturated carbocycles. The van der Waals surface area contributed by atoms with Crippen LogP contribution in [0.4, 0.5) is 0 Å². The Labute approximate surface area is 99.7 Å². The van der Waals surface area contributed by atoms with E-state index >= 15 is 0 Å². The molecule has 0 aromatic heterocycles. The van der Waals surface area contributed by atoms with Gasteiger partial charge in [0, 0.05) is 4.47 Å². The second-order valence-corrected chi connectivity index (χ2v) is 3.91. The maximum atomic E-state index is 10.6. The van der Waals surface area contributed by atoms with Crippen LogP contribution < -0.4 is 0 Å². The molecule has 3 nitrogen and oxygen atoms in total. The molecule has 15 heavy (non-hydrogen) atoms. The molecule has 0 spiro atoms. The predicted octanol–water partition coefficient (Wildman–Crippen LogP) is 3.09. The van der Waals surface area contributed by atoms with Crippen LogP contribution in [0.5, 0.6) is 0 Å². The fourth-order valence-electron chi connectivity index (χ4n) is 0.911. The Morgan fingerprint density at radius 3 is 2.73 bits per heavy atom. The normalized spacial score (nSPS) is 10.9. The van der Waals surface area contributed by atoms with E-state index in [2.05, 4.69) is 15.9 Å². The van der Waals surface area contributed by atoms with Crippen molar-refractivity contribution < 1.29 is 9.90 Å². The third kappa shape index (κ3) is 3.08. The van der Waals surface area contributed by atoms with Crippen LogP contribution >= 0.6 is 27.5 Å². The molecular weight excluding hydrogens is 281 g/mol. The smallest absolute Gasteiger partial charge is 0.346 e. The lowest BCUT2D eigenvalue weighted by atomic mass is 10.1. The van der Waals surface area contributed by atoms with Crippen LogP contribution in [0.1, 0.15) is 5.56 Å². The molecule has 0 saturated heterocycles. The Kier molecular flexibility index (Phi) is 3.89. The number of hydrogen-bond donors (Lipinski definition) is 1. The highest BCUT2D eigenvalue weighted by molar-refractivity contribution is 9.10. The molecule has 0 heterocycles. The summed E-state index contributed by atoms with van der Waals surface area (Å²) in [4.78, 5) is 10.6. The van der Waals surface area contributed by atoms with Crippen molar-refractivity contribution in [2.24, 2.45) is 0 Å². The molecule has 76 valence electrons. The monoisotopic (exact) mass is 285 g/mol. The predicted molar refractivity (Wildman–Crippen MR) is 60.4 cm³/mol. The second kappa shape index (κ2) is 4.96. The van der Waals surface area contributed by atoms with Crippen molar-refractivity contribution in [1.82, 2.24) is 0 Å². The molecule has 1 aromatic carbocycles. The lowest BCUT2D eigenvalue weighted by molar-refractivity contribution is -0.132. The maximum absolute atomic E-state index is 10.6. The quantitative estimate of drug-likeness (QED) is 0.671. The van der Waals surface area contributed by atoms with Crippen LogP contribution in [0.25, 0.3) is 6.08 Å². The summed E-state index contributed by atoms with van der Waals surface area (Å²) in [5, 5.41) is 17.7. The van der Waals surface area contributed by atoms with Gasteiger partial charge in [0.25, 0.3) is 0 Å². The second-order valence-electron chi connectivity index (χ2n) is 2.65.